The van der Waals surface area contributed by atoms with E-state index in [0.29, 0.717) is 6.42 Å². The fourth-order valence-electron chi connectivity index (χ4n) is 5.65. The average Bonchev–Trinajstić information content (AvgIpc) is 2.97. The van der Waals surface area contributed by atoms with Gasteiger partial charge in [-0.3, -0.25) is 4.79 Å². The second-order valence-corrected chi connectivity index (χ2v) is 12.7. The van der Waals surface area contributed by atoms with Gasteiger partial charge < -0.3 is 15.5 Å². The molecule has 4 heteroatoms. The summed E-state index contributed by atoms with van der Waals surface area (Å²) < 4.78 is 0. The number of amides is 1. The summed E-state index contributed by atoms with van der Waals surface area (Å²) in [4.78, 5) is 12.3. The third kappa shape index (κ3) is 30.4. The molecule has 0 fully saturated rings. The van der Waals surface area contributed by atoms with Gasteiger partial charge >= 0.3 is 0 Å². The summed E-state index contributed by atoms with van der Waals surface area (Å²) in [5.41, 5.74) is 0. The third-order valence-corrected chi connectivity index (χ3v) is 8.52. The van der Waals surface area contributed by atoms with Gasteiger partial charge in [0.05, 0.1) is 18.8 Å². The Labute approximate surface area is 256 Å². The number of hydrogen-bond acceptors (Lipinski definition) is 3. The Morgan fingerprint density at radius 1 is 0.561 bits per heavy atom. The van der Waals surface area contributed by atoms with E-state index in [1.807, 2.05) is 6.08 Å². The molecule has 0 aliphatic rings. The normalized spacial score (nSPS) is 13.2. The number of allylic oxidation sites excluding steroid dienone is 1. The fraction of sp³-hybridized carbons (Fsp3) is 0.919. The van der Waals surface area contributed by atoms with Gasteiger partial charge in [0.25, 0.3) is 0 Å². The van der Waals surface area contributed by atoms with Crippen molar-refractivity contribution in [3.63, 3.8) is 0 Å². The molecule has 1 amide bonds. The molecular formula is C37H73NO3. The van der Waals surface area contributed by atoms with Crippen LogP contribution in [0.3, 0.4) is 0 Å². The molecular weight excluding hydrogens is 506 g/mol. The van der Waals surface area contributed by atoms with Crippen LogP contribution in [0.5, 0.6) is 0 Å². The number of aliphatic hydroxyl groups excluding tert-OH is 2. The van der Waals surface area contributed by atoms with Crippen molar-refractivity contribution in [2.45, 2.75) is 212 Å². The van der Waals surface area contributed by atoms with Gasteiger partial charge in [-0.15, -0.1) is 0 Å². The van der Waals surface area contributed by atoms with E-state index in [0.717, 1.165) is 25.7 Å². The molecule has 0 spiro atoms. The Hall–Kier alpha value is -0.870. The highest BCUT2D eigenvalue weighted by Gasteiger charge is 2.17. The second kappa shape index (κ2) is 33.6. The van der Waals surface area contributed by atoms with E-state index in [1.54, 1.807) is 6.08 Å². The maximum Gasteiger partial charge on any atom is 0.220 e. The van der Waals surface area contributed by atoms with Crippen LogP contribution >= 0.6 is 0 Å². The van der Waals surface area contributed by atoms with Crippen molar-refractivity contribution in [1.29, 1.82) is 0 Å². The summed E-state index contributed by atoms with van der Waals surface area (Å²) in [6, 6.07) is -0.614. The SMILES string of the molecule is CCCCCCCCCCCCCC=CC(O)C(CO)NC(=O)CCCCCCCCCCCCCCCCCC. The topological polar surface area (TPSA) is 69.6 Å². The lowest BCUT2D eigenvalue weighted by Crippen LogP contribution is -2.45. The molecule has 0 saturated heterocycles. The van der Waals surface area contributed by atoms with E-state index in [-0.39, 0.29) is 12.5 Å². The highest BCUT2D eigenvalue weighted by atomic mass is 16.3. The van der Waals surface area contributed by atoms with Gasteiger partial charge in [0.1, 0.15) is 0 Å². The summed E-state index contributed by atoms with van der Waals surface area (Å²) in [6.45, 7) is 4.30. The number of unbranched alkanes of at least 4 members (excludes halogenated alkanes) is 26. The van der Waals surface area contributed by atoms with Crippen LogP contribution in [0.2, 0.25) is 0 Å². The van der Waals surface area contributed by atoms with Gasteiger partial charge in [0, 0.05) is 6.42 Å². The van der Waals surface area contributed by atoms with Crippen molar-refractivity contribution in [2.75, 3.05) is 6.61 Å². The van der Waals surface area contributed by atoms with Gasteiger partial charge in [0.2, 0.25) is 5.91 Å². The lowest BCUT2D eigenvalue weighted by Gasteiger charge is -2.20. The Morgan fingerprint density at radius 3 is 1.27 bits per heavy atom. The van der Waals surface area contributed by atoms with Crippen LogP contribution < -0.4 is 5.32 Å². The number of nitrogens with one attached hydrogen (secondary N) is 1. The monoisotopic (exact) mass is 580 g/mol. The molecule has 3 N–H and O–H groups in total. The quantitative estimate of drug-likeness (QED) is 0.0535. The Morgan fingerprint density at radius 2 is 0.902 bits per heavy atom. The van der Waals surface area contributed by atoms with Gasteiger partial charge in [-0.1, -0.05) is 187 Å². The number of carbonyl (C=O) groups is 1. The number of rotatable bonds is 33. The zero-order valence-electron chi connectivity index (χ0n) is 27.8. The molecule has 0 bridgehead atoms. The van der Waals surface area contributed by atoms with Gasteiger partial charge in [-0.05, 0) is 19.3 Å². The van der Waals surface area contributed by atoms with Crippen molar-refractivity contribution >= 4 is 5.91 Å². The van der Waals surface area contributed by atoms with Crippen LogP contribution in [0.15, 0.2) is 12.2 Å². The minimum Gasteiger partial charge on any atom is -0.394 e. The first kappa shape index (κ1) is 40.1. The smallest absolute Gasteiger partial charge is 0.220 e. The van der Waals surface area contributed by atoms with Crippen LogP contribution in [0.4, 0.5) is 0 Å². The molecule has 0 aliphatic carbocycles. The molecule has 4 nitrogen and oxygen atoms in total. The predicted molar refractivity (Wildman–Crippen MR) is 179 cm³/mol. The number of carbonyl (C=O) groups excluding carboxylic acids is 1. The summed E-state index contributed by atoms with van der Waals surface area (Å²) >= 11 is 0. The molecule has 41 heavy (non-hydrogen) atoms. The van der Waals surface area contributed by atoms with E-state index < -0.39 is 12.1 Å². The highest BCUT2D eigenvalue weighted by molar-refractivity contribution is 5.76. The molecule has 0 radical (unpaired) electrons. The first-order chi connectivity index (χ1) is 20.2. The lowest BCUT2D eigenvalue weighted by atomic mass is 10.0. The lowest BCUT2D eigenvalue weighted by molar-refractivity contribution is -0.123. The summed E-state index contributed by atoms with van der Waals surface area (Å²) in [7, 11) is 0. The zero-order valence-corrected chi connectivity index (χ0v) is 27.8. The minimum absolute atomic E-state index is 0.0628. The molecule has 0 heterocycles. The van der Waals surface area contributed by atoms with E-state index in [2.05, 4.69) is 19.2 Å². The minimum atomic E-state index is -0.831. The largest absolute Gasteiger partial charge is 0.394 e. The van der Waals surface area contributed by atoms with Crippen molar-refractivity contribution < 1.29 is 15.0 Å². The third-order valence-electron chi connectivity index (χ3n) is 8.52. The summed E-state index contributed by atoms with van der Waals surface area (Å²) in [5, 5.41) is 22.9. The summed E-state index contributed by atoms with van der Waals surface area (Å²) in [5.74, 6) is -0.0628. The first-order valence-electron chi connectivity index (χ1n) is 18.4. The molecule has 244 valence electrons. The molecule has 2 unspecified atom stereocenters. The number of hydrogen-bond donors (Lipinski definition) is 3. The van der Waals surface area contributed by atoms with Gasteiger partial charge in [0.15, 0.2) is 0 Å². The van der Waals surface area contributed by atoms with E-state index >= 15 is 0 Å². The van der Waals surface area contributed by atoms with Crippen LogP contribution in [-0.4, -0.2) is 34.9 Å². The average molecular weight is 580 g/mol. The van der Waals surface area contributed by atoms with Crippen molar-refractivity contribution in [3.05, 3.63) is 12.2 Å². The van der Waals surface area contributed by atoms with Crippen LogP contribution in [-0.2, 0) is 4.79 Å². The van der Waals surface area contributed by atoms with Crippen molar-refractivity contribution in [1.82, 2.24) is 5.32 Å². The molecule has 0 aromatic rings. The summed E-state index contributed by atoms with van der Waals surface area (Å²) in [6.07, 6.45) is 40.0. The van der Waals surface area contributed by atoms with Crippen molar-refractivity contribution in [2.24, 2.45) is 0 Å². The van der Waals surface area contributed by atoms with Crippen molar-refractivity contribution in [3.8, 4) is 0 Å². The molecule has 0 aromatic heterocycles. The second-order valence-electron chi connectivity index (χ2n) is 12.7. The Bertz CT molecular complexity index is 550. The number of aliphatic hydroxyl groups is 2. The van der Waals surface area contributed by atoms with Gasteiger partial charge in [-0.2, -0.15) is 0 Å². The Balaban J connectivity index is 3.58. The molecule has 0 aromatic carbocycles. The molecule has 0 saturated carbocycles. The highest BCUT2D eigenvalue weighted by Crippen LogP contribution is 2.15. The van der Waals surface area contributed by atoms with Crippen LogP contribution in [0.1, 0.15) is 200 Å². The van der Waals surface area contributed by atoms with Crippen LogP contribution in [0.25, 0.3) is 0 Å². The fourth-order valence-corrected chi connectivity index (χ4v) is 5.65. The van der Waals surface area contributed by atoms with Crippen LogP contribution in [0, 0.1) is 0 Å². The van der Waals surface area contributed by atoms with E-state index in [9.17, 15) is 15.0 Å². The Kier molecular flexibility index (Phi) is 32.9. The predicted octanol–water partition coefficient (Wildman–Crippen LogP) is 10.7. The van der Waals surface area contributed by atoms with E-state index in [4.69, 9.17) is 0 Å². The standard InChI is InChI=1S/C37H73NO3/c1-3-5-7-9-11-13-15-17-18-19-21-23-25-27-29-31-33-37(41)38-35(34-39)36(40)32-30-28-26-24-22-20-16-14-12-10-8-6-4-2/h30,32,35-36,39-40H,3-29,31,33-34H2,1-2H3,(H,38,41). The van der Waals surface area contributed by atoms with E-state index in [1.165, 1.54) is 154 Å². The molecule has 0 aliphatic heterocycles. The maximum atomic E-state index is 12.3. The molecule has 2 atom stereocenters. The van der Waals surface area contributed by atoms with Gasteiger partial charge in [-0.25, -0.2) is 0 Å². The maximum absolute atomic E-state index is 12.3. The first-order valence-corrected chi connectivity index (χ1v) is 18.4. The zero-order chi connectivity index (χ0) is 30.1. The molecule has 0 rings (SSSR count).